The molecule has 0 fully saturated rings. The molecule has 126 valence electrons. The Morgan fingerprint density at radius 1 is 1.27 bits per heavy atom. The van der Waals surface area contributed by atoms with Gasteiger partial charge in [-0.25, -0.2) is 0 Å². The normalized spacial score (nSPS) is 11.0. The highest BCUT2D eigenvalue weighted by Gasteiger charge is 2.22. The van der Waals surface area contributed by atoms with E-state index in [4.69, 9.17) is 5.73 Å². The fraction of sp³-hybridized carbons (Fsp3) is 0.625. The molecule has 0 aliphatic rings. The van der Waals surface area contributed by atoms with Crippen molar-refractivity contribution < 1.29 is 9.59 Å². The van der Waals surface area contributed by atoms with Crippen molar-refractivity contribution >= 4 is 35.4 Å². The third kappa shape index (κ3) is 6.07. The summed E-state index contributed by atoms with van der Waals surface area (Å²) in [4.78, 5) is 28.1. The van der Waals surface area contributed by atoms with E-state index in [1.807, 2.05) is 33.8 Å². The number of hydrogen-bond donors (Lipinski definition) is 1. The minimum absolute atomic E-state index is 0. The van der Waals surface area contributed by atoms with Gasteiger partial charge in [0.05, 0.1) is 0 Å². The maximum atomic E-state index is 12.2. The Balaban J connectivity index is 0.00000441. The number of carbonyl (C=O) groups excluding carboxylic acids is 2. The van der Waals surface area contributed by atoms with E-state index in [0.717, 1.165) is 15.3 Å². The highest BCUT2D eigenvalue weighted by molar-refractivity contribution is 7.12. The van der Waals surface area contributed by atoms with Crippen molar-refractivity contribution in [2.75, 3.05) is 20.1 Å². The fourth-order valence-corrected chi connectivity index (χ4v) is 3.19. The first kappa shape index (κ1) is 21.1. The van der Waals surface area contributed by atoms with Crippen LogP contribution in [0.3, 0.4) is 0 Å². The number of amides is 1. The number of thiophene rings is 1. The molecule has 0 aliphatic carbocycles. The zero-order chi connectivity index (χ0) is 16.2. The smallest absolute Gasteiger partial charge is 0.222 e. The van der Waals surface area contributed by atoms with Gasteiger partial charge < -0.3 is 10.6 Å². The molecule has 0 bridgehead atoms. The van der Waals surface area contributed by atoms with Crippen molar-refractivity contribution in [3.8, 4) is 0 Å². The average molecular weight is 347 g/mol. The van der Waals surface area contributed by atoms with Crippen LogP contribution in [0, 0.1) is 19.3 Å². The molecule has 0 aliphatic heterocycles. The molecule has 0 spiro atoms. The number of hydrogen-bond acceptors (Lipinski definition) is 4. The van der Waals surface area contributed by atoms with Crippen LogP contribution in [-0.2, 0) is 4.79 Å². The topological polar surface area (TPSA) is 63.4 Å². The standard InChI is InChI=1S/C16H26N2O2S.ClH/c1-11-8-13(12(2)21-11)14(19)6-7-15(20)18(5)10-16(3,4)9-17;/h8H,6-7,9-10,17H2,1-5H3;1H. The van der Waals surface area contributed by atoms with Gasteiger partial charge in [0, 0.05) is 41.8 Å². The van der Waals surface area contributed by atoms with E-state index in [1.54, 1.807) is 23.3 Å². The van der Waals surface area contributed by atoms with Gasteiger partial charge >= 0.3 is 0 Å². The summed E-state index contributed by atoms with van der Waals surface area (Å²) in [5.74, 6) is 0.0474. The molecule has 6 heteroatoms. The van der Waals surface area contributed by atoms with E-state index in [-0.39, 0.29) is 42.4 Å². The van der Waals surface area contributed by atoms with Crippen molar-refractivity contribution in [2.45, 2.75) is 40.5 Å². The second-order valence-corrected chi connectivity index (χ2v) is 7.83. The van der Waals surface area contributed by atoms with Gasteiger partial charge in [-0.3, -0.25) is 9.59 Å². The first-order chi connectivity index (χ1) is 9.66. The molecule has 0 saturated heterocycles. The number of ketones is 1. The van der Waals surface area contributed by atoms with Crippen LogP contribution in [0.1, 0.15) is 46.8 Å². The van der Waals surface area contributed by atoms with Gasteiger partial charge in [-0.1, -0.05) is 13.8 Å². The summed E-state index contributed by atoms with van der Waals surface area (Å²) in [6.07, 6.45) is 0.521. The zero-order valence-corrected chi connectivity index (χ0v) is 15.7. The molecule has 0 unspecified atom stereocenters. The summed E-state index contributed by atoms with van der Waals surface area (Å²) in [5, 5.41) is 0. The van der Waals surface area contributed by atoms with Crippen molar-refractivity contribution in [2.24, 2.45) is 11.1 Å². The highest BCUT2D eigenvalue weighted by Crippen LogP contribution is 2.22. The summed E-state index contributed by atoms with van der Waals surface area (Å²) >= 11 is 1.62. The highest BCUT2D eigenvalue weighted by atomic mass is 35.5. The van der Waals surface area contributed by atoms with Crippen LogP contribution in [0.4, 0.5) is 0 Å². The Kier molecular flexibility index (Phi) is 8.29. The van der Waals surface area contributed by atoms with E-state index in [0.29, 0.717) is 13.1 Å². The molecular formula is C16H27ClN2O2S. The largest absolute Gasteiger partial charge is 0.345 e. The average Bonchev–Trinajstić information content (AvgIpc) is 2.74. The third-order valence-corrected chi connectivity index (χ3v) is 4.52. The Morgan fingerprint density at radius 3 is 2.32 bits per heavy atom. The van der Waals surface area contributed by atoms with E-state index >= 15 is 0 Å². The van der Waals surface area contributed by atoms with Gasteiger partial charge in [0.2, 0.25) is 5.91 Å². The molecule has 0 radical (unpaired) electrons. The number of carbonyl (C=O) groups is 2. The van der Waals surface area contributed by atoms with E-state index < -0.39 is 0 Å². The number of aryl methyl sites for hydroxylation is 2. The van der Waals surface area contributed by atoms with E-state index in [1.165, 1.54) is 0 Å². The van der Waals surface area contributed by atoms with Gasteiger partial charge in [0.25, 0.3) is 0 Å². The van der Waals surface area contributed by atoms with E-state index in [9.17, 15) is 9.59 Å². The Labute approximate surface area is 143 Å². The molecule has 0 aromatic carbocycles. The second-order valence-electron chi connectivity index (χ2n) is 6.37. The molecule has 1 rings (SSSR count). The van der Waals surface area contributed by atoms with Gasteiger partial charge in [-0.2, -0.15) is 0 Å². The predicted octanol–water partition coefficient (Wildman–Crippen LogP) is 3.19. The minimum Gasteiger partial charge on any atom is -0.345 e. The maximum Gasteiger partial charge on any atom is 0.222 e. The number of halogens is 1. The summed E-state index contributed by atoms with van der Waals surface area (Å²) in [6, 6.07) is 1.91. The van der Waals surface area contributed by atoms with Gasteiger partial charge in [0.1, 0.15) is 0 Å². The lowest BCUT2D eigenvalue weighted by molar-refractivity contribution is -0.131. The molecule has 4 nitrogen and oxygen atoms in total. The lowest BCUT2D eigenvalue weighted by atomic mass is 9.93. The molecule has 0 atom stereocenters. The van der Waals surface area contributed by atoms with Gasteiger partial charge in [-0.05, 0) is 31.9 Å². The van der Waals surface area contributed by atoms with Crippen molar-refractivity contribution in [3.63, 3.8) is 0 Å². The van der Waals surface area contributed by atoms with Crippen molar-refractivity contribution in [3.05, 3.63) is 21.4 Å². The van der Waals surface area contributed by atoms with Crippen LogP contribution in [0.25, 0.3) is 0 Å². The molecule has 1 aromatic rings. The van der Waals surface area contributed by atoms with Gasteiger partial charge in [0.15, 0.2) is 5.78 Å². The maximum absolute atomic E-state index is 12.2. The minimum atomic E-state index is -0.102. The molecule has 1 aromatic heterocycles. The number of nitrogens with two attached hydrogens (primary N) is 1. The predicted molar refractivity (Wildman–Crippen MR) is 95.1 cm³/mol. The summed E-state index contributed by atoms with van der Waals surface area (Å²) < 4.78 is 0. The molecular weight excluding hydrogens is 320 g/mol. The number of rotatable bonds is 7. The van der Waals surface area contributed by atoms with Gasteiger partial charge in [-0.15, -0.1) is 23.7 Å². The van der Waals surface area contributed by atoms with Crippen LogP contribution in [0.15, 0.2) is 6.07 Å². The first-order valence-electron chi connectivity index (χ1n) is 7.20. The van der Waals surface area contributed by atoms with Crippen LogP contribution in [0.2, 0.25) is 0 Å². The quantitative estimate of drug-likeness (QED) is 0.771. The Morgan fingerprint density at radius 2 is 1.86 bits per heavy atom. The lowest BCUT2D eigenvalue weighted by Gasteiger charge is -2.29. The summed E-state index contributed by atoms with van der Waals surface area (Å²) in [7, 11) is 1.77. The molecule has 1 heterocycles. The molecule has 0 saturated carbocycles. The SMILES string of the molecule is Cc1cc(C(=O)CCC(=O)N(C)CC(C)(C)CN)c(C)s1.Cl. The summed E-state index contributed by atoms with van der Waals surface area (Å²) in [6.45, 7) is 9.12. The monoisotopic (exact) mass is 346 g/mol. The van der Waals surface area contributed by atoms with Crippen LogP contribution in [-0.4, -0.2) is 36.7 Å². The Hall–Kier alpha value is -0.910. The molecule has 1 amide bonds. The molecule has 2 N–H and O–H groups in total. The number of nitrogens with zero attached hydrogens (tertiary/aromatic N) is 1. The second kappa shape index (κ2) is 8.65. The summed E-state index contributed by atoms with van der Waals surface area (Å²) in [5.41, 5.74) is 6.34. The fourth-order valence-electron chi connectivity index (χ4n) is 2.25. The van der Waals surface area contributed by atoms with Crippen LogP contribution in [0.5, 0.6) is 0 Å². The lowest BCUT2D eigenvalue weighted by Crippen LogP contribution is -2.39. The third-order valence-electron chi connectivity index (χ3n) is 3.55. The first-order valence-corrected chi connectivity index (χ1v) is 8.02. The van der Waals surface area contributed by atoms with E-state index in [2.05, 4.69) is 0 Å². The van der Waals surface area contributed by atoms with Crippen molar-refractivity contribution in [1.29, 1.82) is 0 Å². The Bertz CT molecular complexity index is 526. The van der Waals surface area contributed by atoms with Crippen LogP contribution >= 0.6 is 23.7 Å². The zero-order valence-electron chi connectivity index (χ0n) is 14.1. The van der Waals surface area contributed by atoms with Crippen molar-refractivity contribution in [1.82, 2.24) is 4.90 Å². The number of Topliss-reactive ketones (excluding diaryl/α,β-unsaturated/α-hetero) is 1. The molecule has 22 heavy (non-hydrogen) atoms. The van der Waals surface area contributed by atoms with Crippen LogP contribution < -0.4 is 5.73 Å².